The predicted molar refractivity (Wildman–Crippen MR) is 134 cm³/mol. The maximum atomic E-state index is 13.3. The largest absolute Gasteiger partial charge is 0.490 e. The first-order chi connectivity index (χ1) is 16.4. The van der Waals surface area contributed by atoms with Crippen LogP contribution in [-0.4, -0.2) is 52.8 Å². The number of amides is 2. The fourth-order valence-corrected chi connectivity index (χ4v) is 5.31. The first-order valence-corrected chi connectivity index (χ1v) is 12.4. The number of para-hydroxylation sites is 1. The molecular weight excluding hydrogens is 446 g/mol. The highest BCUT2D eigenvalue weighted by atomic mass is 32.1. The monoisotopic (exact) mass is 477 g/mol. The second-order valence-corrected chi connectivity index (χ2v) is 10.1. The molecule has 0 bridgehead atoms. The zero-order valence-corrected chi connectivity index (χ0v) is 20.8. The molecule has 4 rings (SSSR count). The first-order valence-electron chi connectivity index (χ1n) is 11.6. The summed E-state index contributed by atoms with van der Waals surface area (Å²) < 4.78 is 6.31. The molecule has 1 fully saturated rings. The van der Waals surface area contributed by atoms with Crippen molar-refractivity contribution in [2.24, 2.45) is 5.92 Å². The van der Waals surface area contributed by atoms with Crippen LogP contribution in [0, 0.1) is 19.8 Å². The molecule has 178 valence electrons. The summed E-state index contributed by atoms with van der Waals surface area (Å²) in [5.74, 6) is 0.736. The molecule has 1 aliphatic rings. The number of piperidine rings is 1. The van der Waals surface area contributed by atoms with E-state index >= 15 is 0 Å². The van der Waals surface area contributed by atoms with Crippen molar-refractivity contribution in [3.8, 4) is 5.75 Å². The summed E-state index contributed by atoms with van der Waals surface area (Å²) in [4.78, 5) is 35.2. The molecule has 2 atom stereocenters. The molecular formula is C27H31N3O3S. The van der Waals surface area contributed by atoms with E-state index in [0.29, 0.717) is 37.4 Å². The Labute approximate surface area is 205 Å². The quantitative estimate of drug-likeness (QED) is 0.494. The minimum absolute atomic E-state index is 0.00338. The lowest BCUT2D eigenvalue weighted by Gasteiger charge is -2.38. The van der Waals surface area contributed by atoms with Crippen molar-refractivity contribution in [1.29, 1.82) is 0 Å². The van der Waals surface area contributed by atoms with E-state index in [0.717, 1.165) is 22.0 Å². The smallest absolute Gasteiger partial charge is 0.265 e. The van der Waals surface area contributed by atoms with Gasteiger partial charge in [0.2, 0.25) is 5.91 Å². The van der Waals surface area contributed by atoms with Gasteiger partial charge >= 0.3 is 0 Å². The van der Waals surface area contributed by atoms with Crippen LogP contribution in [0.5, 0.6) is 5.75 Å². The number of hydrogen-bond donors (Lipinski definition) is 0. The van der Waals surface area contributed by atoms with Crippen LogP contribution in [0.4, 0.5) is 0 Å². The van der Waals surface area contributed by atoms with Gasteiger partial charge in [-0.05, 0) is 31.5 Å². The van der Waals surface area contributed by atoms with Crippen molar-refractivity contribution < 1.29 is 14.3 Å². The molecule has 2 amide bonds. The number of likely N-dealkylation sites (tertiary alicyclic amines) is 1. The second kappa shape index (κ2) is 10.8. The highest BCUT2D eigenvalue weighted by Crippen LogP contribution is 2.29. The van der Waals surface area contributed by atoms with E-state index in [1.165, 1.54) is 11.3 Å². The standard InChI is InChI=1S/C27H31N3O3S/c1-19-26(34-20(2)28-19)27(32)30-15-14-24(33-23-12-8-5-9-13-23)22(18-30)16-25(31)29(3)17-21-10-6-4-7-11-21/h4-13,22,24H,14-18H2,1-3H3/t22-,24-/m0/s1. The zero-order chi connectivity index (χ0) is 24.1. The molecule has 2 heterocycles. The van der Waals surface area contributed by atoms with Crippen LogP contribution in [0.15, 0.2) is 60.7 Å². The van der Waals surface area contributed by atoms with Crippen LogP contribution in [0.25, 0.3) is 0 Å². The van der Waals surface area contributed by atoms with E-state index in [1.807, 2.05) is 86.5 Å². The van der Waals surface area contributed by atoms with Gasteiger partial charge in [-0.3, -0.25) is 9.59 Å². The highest BCUT2D eigenvalue weighted by Gasteiger charge is 2.36. The van der Waals surface area contributed by atoms with Crippen LogP contribution in [0.2, 0.25) is 0 Å². The number of aromatic nitrogens is 1. The van der Waals surface area contributed by atoms with Crippen molar-refractivity contribution >= 4 is 23.2 Å². The van der Waals surface area contributed by atoms with Gasteiger partial charge in [0.05, 0.1) is 10.7 Å². The SMILES string of the molecule is Cc1nc(C)c(C(=O)N2CC[C@H](Oc3ccccc3)[C@@H](CC(=O)N(C)Cc3ccccc3)C2)s1. The molecule has 7 heteroatoms. The summed E-state index contributed by atoms with van der Waals surface area (Å²) in [7, 11) is 1.83. The van der Waals surface area contributed by atoms with Crippen molar-refractivity contribution in [1.82, 2.24) is 14.8 Å². The Morgan fingerprint density at radius 2 is 1.76 bits per heavy atom. The van der Waals surface area contributed by atoms with Crippen LogP contribution >= 0.6 is 11.3 Å². The van der Waals surface area contributed by atoms with E-state index in [9.17, 15) is 9.59 Å². The Morgan fingerprint density at radius 1 is 1.09 bits per heavy atom. The number of benzene rings is 2. The summed E-state index contributed by atoms with van der Waals surface area (Å²) in [5, 5.41) is 0.886. The lowest BCUT2D eigenvalue weighted by atomic mass is 9.90. The van der Waals surface area contributed by atoms with Crippen LogP contribution in [-0.2, 0) is 11.3 Å². The fourth-order valence-electron chi connectivity index (χ4n) is 4.42. The highest BCUT2D eigenvalue weighted by molar-refractivity contribution is 7.13. The number of ether oxygens (including phenoxy) is 1. The number of rotatable bonds is 7. The summed E-state index contributed by atoms with van der Waals surface area (Å²) in [5.41, 5.74) is 1.86. The number of hydrogen-bond acceptors (Lipinski definition) is 5. The molecule has 0 unspecified atom stereocenters. The Kier molecular flexibility index (Phi) is 7.63. The van der Waals surface area contributed by atoms with Gasteiger partial charge in [-0.25, -0.2) is 4.98 Å². The third-order valence-electron chi connectivity index (χ3n) is 6.20. The molecule has 2 aromatic carbocycles. The molecule has 0 aliphatic carbocycles. The lowest BCUT2D eigenvalue weighted by molar-refractivity contribution is -0.132. The molecule has 0 radical (unpaired) electrons. The molecule has 0 saturated carbocycles. The molecule has 1 aliphatic heterocycles. The molecule has 1 saturated heterocycles. The predicted octanol–water partition coefficient (Wildman–Crippen LogP) is 4.72. The average molecular weight is 478 g/mol. The van der Waals surface area contributed by atoms with E-state index in [2.05, 4.69) is 4.98 Å². The van der Waals surface area contributed by atoms with Crippen molar-refractivity contribution in [2.45, 2.75) is 39.3 Å². The van der Waals surface area contributed by atoms with Crippen LogP contribution in [0.1, 0.15) is 38.8 Å². The number of nitrogens with zero attached hydrogens (tertiary/aromatic N) is 3. The van der Waals surface area contributed by atoms with Crippen molar-refractivity contribution in [3.05, 3.63) is 81.8 Å². The van der Waals surface area contributed by atoms with Crippen LogP contribution < -0.4 is 4.74 Å². The number of thiazole rings is 1. The van der Waals surface area contributed by atoms with E-state index in [4.69, 9.17) is 4.74 Å². The molecule has 1 aromatic heterocycles. The van der Waals surface area contributed by atoms with E-state index in [-0.39, 0.29) is 23.8 Å². The molecule has 0 spiro atoms. The van der Waals surface area contributed by atoms with Gasteiger partial charge in [-0.15, -0.1) is 11.3 Å². The summed E-state index contributed by atoms with van der Waals surface area (Å²) in [6.07, 6.45) is 0.869. The summed E-state index contributed by atoms with van der Waals surface area (Å²) in [6.45, 7) is 5.42. The van der Waals surface area contributed by atoms with Crippen LogP contribution in [0.3, 0.4) is 0 Å². The van der Waals surface area contributed by atoms with Gasteiger partial charge in [0.25, 0.3) is 5.91 Å². The van der Waals surface area contributed by atoms with Gasteiger partial charge < -0.3 is 14.5 Å². The van der Waals surface area contributed by atoms with E-state index < -0.39 is 0 Å². The maximum absolute atomic E-state index is 13.3. The Balaban J connectivity index is 1.48. The van der Waals surface area contributed by atoms with Crippen molar-refractivity contribution in [2.75, 3.05) is 20.1 Å². The number of carbonyl (C=O) groups excluding carboxylic acids is 2. The maximum Gasteiger partial charge on any atom is 0.265 e. The second-order valence-electron chi connectivity index (χ2n) is 8.86. The molecule has 3 aromatic rings. The molecule has 0 N–H and O–H groups in total. The number of carbonyl (C=O) groups is 2. The topological polar surface area (TPSA) is 62.7 Å². The lowest BCUT2D eigenvalue weighted by Crippen LogP contribution is -2.49. The minimum atomic E-state index is -0.134. The molecule has 6 nitrogen and oxygen atoms in total. The average Bonchev–Trinajstić information content (AvgIpc) is 3.18. The first kappa shape index (κ1) is 24.0. The summed E-state index contributed by atoms with van der Waals surface area (Å²) >= 11 is 1.43. The van der Waals surface area contributed by atoms with Gasteiger partial charge in [-0.2, -0.15) is 0 Å². The fraction of sp³-hybridized carbons (Fsp3) is 0.370. The number of aryl methyl sites for hydroxylation is 2. The van der Waals surface area contributed by atoms with Gasteiger partial charge in [-0.1, -0.05) is 48.5 Å². The Morgan fingerprint density at radius 3 is 2.41 bits per heavy atom. The Bertz CT molecular complexity index is 1120. The van der Waals surface area contributed by atoms with Gasteiger partial charge in [0.1, 0.15) is 16.7 Å². The van der Waals surface area contributed by atoms with Crippen molar-refractivity contribution in [3.63, 3.8) is 0 Å². The Hall–Kier alpha value is -3.19. The van der Waals surface area contributed by atoms with E-state index in [1.54, 1.807) is 4.90 Å². The zero-order valence-electron chi connectivity index (χ0n) is 19.9. The summed E-state index contributed by atoms with van der Waals surface area (Å²) in [6, 6.07) is 19.7. The third-order valence-corrected chi connectivity index (χ3v) is 7.27. The van der Waals surface area contributed by atoms with Gasteiger partial charge in [0, 0.05) is 45.4 Å². The third kappa shape index (κ3) is 5.83. The normalized spacial score (nSPS) is 17.9. The molecule has 34 heavy (non-hydrogen) atoms. The minimum Gasteiger partial charge on any atom is -0.490 e. The van der Waals surface area contributed by atoms with Gasteiger partial charge in [0.15, 0.2) is 0 Å².